The first kappa shape index (κ1) is 17.8. The van der Waals surface area contributed by atoms with Crippen molar-refractivity contribution in [2.45, 2.75) is 6.92 Å². The van der Waals surface area contributed by atoms with Gasteiger partial charge in [0.05, 0.1) is 17.7 Å². The molecule has 1 aliphatic rings. The Labute approximate surface area is 161 Å². The van der Waals surface area contributed by atoms with E-state index in [0.717, 1.165) is 34.8 Å². The summed E-state index contributed by atoms with van der Waals surface area (Å²) < 4.78 is 20.4. The van der Waals surface area contributed by atoms with E-state index in [2.05, 4.69) is 4.90 Å². The number of para-hydroxylation sites is 2. The van der Waals surface area contributed by atoms with E-state index in [1.54, 1.807) is 13.2 Å². The minimum atomic E-state index is -0.263. The molecule has 0 saturated carbocycles. The van der Waals surface area contributed by atoms with E-state index in [-0.39, 0.29) is 11.7 Å². The van der Waals surface area contributed by atoms with Crippen LogP contribution in [0.3, 0.4) is 0 Å². The number of carbonyl (C=O) groups excluding carboxylic acids is 1. The maximum atomic E-state index is 14.1. The monoisotopic (exact) mass is 384 g/mol. The van der Waals surface area contributed by atoms with Gasteiger partial charge in [-0.1, -0.05) is 18.2 Å². The van der Waals surface area contributed by atoms with Crippen molar-refractivity contribution in [3.8, 4) is 5.75 Å². The molecular formula is C21H21FN2O2S. The molecule has 0 aliphatic carbocycles. The summed E-state index contributed by atoms with van der Waals surface area (Å²) >= 11 is 1.38. The summed E-state index contributed by atoms with van der Waals surface area (Å²) in [6, 6.07) is 12.9. The number of methoxy groups -OCH3 is 1. The molecule has 2 heterocycles. The highest BCUT2D eigenvalue weighted by Gasteiger charge is 2.26. The molecule has 1 saturated heterocycles. The third-order valence-corrected chi connectivity index (χ3v) is 6.34. The lowest BCUT2D eigenvalue weighted by atomic mass is 10.1. The molecule has 3 aromatic rings. The number of carbonyl (C=O) groups is 1. The summed E-state index contributed by atoms with van der Waals surface area (Å²) in [5.74, 6) is 0.571. The first-order valence-electron chi connectivity index (χ1n) is 8.95. The van der Waals surface area contributed by atoms with Gasteiger partial charge in [-0.05, 0) is 36.8 Å². The minimum Gasteiger partial charge on any atom is -0.495 e. The van der Waals surface area contributed by atoms with Gasteiger partial charge in [0.1, 0.15) is 11.6 Å². The van der Waals surface area contributed by atoms with Crippen molar-refractivity contribution in [3.05, 3.63) is 58.7 Å². The van der Waals surface area contributed by atoms with Crippen LogP contribution in [0.5, 0.6) is 5.75 Å². The first-order chi connectivity index (χ1) is 13.1. The Morgan fingerprint density at radius 2 is 1.81 bits per heavy atom. The average Bonchev–Trinajstić information content (AvgIpc) is 3.05. The number of anilines is 1. The van der Waals surface area contributed by atoms with E-state index in [1.165, 1.54) is 17.4 Å². The second-order valence-electron chi connectivity index (χ2n) is 6.62. The van der Waals surface area contributed by atoms with Crippen molar-refractivity contribution < 1.29 is 13.9 Å². The van der Waals surface area contributed by atoms with E-state index < -0.39 is 0 Å². The van der Waals surface area contributed by atoms with E-state index in [0.29, 0.717) is 23.4 Å². The van der Waals surface area contributed by atoms with Crippen LogP contribution in [0, 0.1) is 12.7 Å². The van der Waals surface area contributed by atoms with Crippen LogP contribution < -0.4 is 9.64 Å². The van der Waals surface area contributed by atoms with Crippen molar-refractivity contribution in [2.75, 3.05) is 38.2 Å². The molecule has 1 aromatic heterocycles. The first-order valence-corrected chi connectivity index (χ1v) is 9.76. The number of rotatable bonds is 3. The second kappa shape index (κ2) is 7.19. The van der Waals surface area contributed by atoms with E-state index in [9.17, 15) is 9.18 Å². The van der Waals surface area contributed by atoms with Crippen LogP contribution in [-0.2, 0) is 0 Å². The molecule has 4 nitrogen and oxygen atoms in total. The normalized spacial score (nSPS) is 14.6. The van der Waals surface area contributed by atoms with Crippen LogP contribution in [-0.4, -0.2) is 44.1 Å². The number of piperazine rings is 1. The standard InChI is InChI=1S/C21H21FN2O2S/c1-14-19-15(22)6-5-9-18(19)27-20(14)21(25)24-12-10-23(11-13-24)16-7-3-4-8-17(16)26-2/h3-9H,10-13H2,1-2H3. The smallest absolute Gasteiger partial charge is 0.264 e. The maximum Gasteiger partial charge on any atom is 0.264 e. The summed E-state index contributed by atoms with van der Waals surface area (Å²) in [5, 5.41) is 0.568. The molecule has 0 bridgehead atoms. The molecule has 1 amide bonds. The number of hydrogen-bond donors (Lipinski definition) is 0. The number of benzene rings is 2. The molecule has 4 rings (SSSR count). The van der Waals surface area contributed by atoms with Gasteiger partial charge in [0, 0.05) is 36.3 Å². The van der Waals surface area contributed by atoms with Gasteiger partial charge in [0.2, 0.25) is 0 Å². The summed E-state index contributed by atoms with van der Waals surface area (Å²) in [5.41, 5.74) is 1.79. The summed E-state index contributed by atoms with van der Waals surface area (Å²) in [7, 11) is 1.67. The van der Waals surface area contributed by atoms with Gasteiger partial charge >= 0.3 is 0 Å². The fourth-order valence-corrected chi connectivity index (χ4v) is 4.83. The highest BCUT2D eigenvalue weighted by Crippen LogP contribution is 2.34. The largest absolute Gasteiger partial charge is 0.495 e. The molecule has 27 heavy (non-hydrogen) atoms. The fraction of sp³-hybridized carbons (Fsp3) is 0.286. The number of nitrogens with zero attached hydrogens (tertiary/aromatic N) is 2. The van der Waals surface area contributed by atoms with Crippen LogP contribution >= 0.6 is 11.3 Å². The molecule has 2 aromatic carbocycles. The second-order valence-corrected chi connectivity index (χ2v) is 7.67. The average molecular weight is 384 g/mol. The van der Waals surface area contributed by atoms with Crippen LogP contribution in [0.4, 0.5) is 10.1 Å². The third kappa shape index (κ3) is 3.14. The molecule has 0 N–H and O–H groups in total. The zero-order valence-corrected chi connectivity index (χ0v) is 16.2. The summed E-state index contributed by atoms with van der Waals surface area (Å²) in [4.78, 5) is 17.8. The number of fused-ring (bicyclic) bond motifs is 1. The molecular weight excluding hydrogens is 363 g/mol. The zero-order chi connectivity index (χ0) is 19.0. The van der Waals surface area contributed by atoms with Crippen LogP contribution in [0.2, 0.25) is 0 Å². The predicted molar refractivity (Wildman–Crippen MR) is 108 cm³/mol. The van der Waals surface area contributed by atoms with Gasteiger partial charge in [-0.3, -0.25) is 4.79 Å². The van der Waals surface area contributed by atoms with Crippen molar-refractivity contribution in [1.29, 1.82) is 0 Å². The zero-order valence-electron chi connectivity index (χ0n) is 15.4. The molecule has 0 unspecified atom stereocenters. The van der Waals surface area contributed by atoms with Gasteiger partial charge in [-0.25, -0.2) is 4.39 Å². The topological polar surface area (TPSA) is 32.8 Å². The number of thiophene rings is 1. The molecule has 6 heteroatoms. The third-order valence-electron chi connectivity index (χ3n) is 5.09. The van der Waals surface area contributed by atoms with Crippen molar-refractivity contribution in [2.24, 2.45) is 0 Å². The number of aryl methyl sites for hydroxylation is 1. The predicted octanol–water partition coefficient (Wildman–Crippen LogP) is 4.32. The number of hydrogen-bond acceptors (Lipinski definition) is 4. The minimum absolute atomic E-state index is 0.00669. The maximum absolute atomic E-state index is 14.1. The summed E-state index contributed by atoms with van der Waals surface area (Å²) in [6.07, 6.45) is 0. The number of amides is 1. The molecule has 1 aliphatic heterocycles. The number of halogens is 1. The Morgan fingerprint density at radius 3 is 2.52 bits per heavy atom. The van der Waals surface area contributed by atoms with Crippen LogP contribution in [0.25, 0.3) is 10.1 Å². The fourth-order valence-electron chi connectivity index (χ4n) is 3.64. The van der Waals surface area contributed by atoms with Gasteiger partial charge in [0.15, 0.2) is 0 Å². The molecule has 1 fully saturated rings. The van der Waals surface area contributed by atoms with Crippen molar-refractivity contribution >= 4 is 33.0 Å². The van der Waals surface area contributed by atoms with Gasteiger partial charge < -0.3 is 14.5 Å². The Morgan fingerprint density at radius 1 is 1.07 bits per heavy atom. The molecule has 0 atom stereocenters. The van der Waals surface area contributed by atoms with Crippen LogP contribution in [0.15, 0.2) is 42.5 Å². The highest BCUT2D eigenvalue weighted by molar-refractivity contribution is 7.21. The van der Waals surface area contributed by atoms with E-state index in [1.807, 2.05) is 42.2 Å². The van der Waals surface area contributed by atoms with Gasteiger partial charge in [-0.15, -0.1) is 11.3 Å². The highest BCUT2D eigenvalue weighted by atomic mass is 32.1. The van der Waals surface area contributed by atoms with Crippen LogP contribution in [0.1, 0.15) is 15.2 Å². The summed E-state index contributed by atoms with van der Waals surface area (Å²) in [6.45, 7) is 4.58. The van der Waals surface area contributed by atoms with Crippen molar-refractivity contribution in [1.82, 2.24) is 4.90 Å². The lowest BCUT2D eigenvalue weighted by molar-refractivity contribution is 0.0751. The molecule has 140 valence electrons. The molecule has 0 radical (unpaired) electrons. The SMILES string of the molecule is COc1ccccc1N1CCN(C(=O)c2sc3cccc(F)c3c2C)CC1. The lowest BCUT2D eigenvalue weighted by Gasteiger charge is -2.36. The Kier molecular flexibility index (Phi) is 4.74. The Hall–Kier alpha value is -2.60. The quantitative estimate of drug-likeness (QED) is 0.674. The Balaban J connectivity index is 1.53. The van der Waals surface area contributed by atoms with Gasteiger partial charge in [-0.2, -0.15) is 0 Å². The Bertz CT molecular complexity index is 993. The van der Waals surface area contributed by atoms with E-state index in [4.69, 9.17) is 4.74 Å². The lowest BCUT2D eigenvalue weighted by Crippen LogP contribution is -2.48. The molecule has 0 spiro atoms. The number of ether oxygens (including phenoxy) is 1. The van der Waals surface area contributed by atoms with E-state index >= 15 is 0 Å². The van der Waals surface area contributed by atoms with Gasteiger partial charge in [0.25, 0.3) is 5.91 Å². The van der Waals surface area contributed by atoms with Crippen molar-refractivity contribution in [3.63, 3.8) is 0 Å².